The average molecular weight is 212 g/mol. The maximum atomic E-state index is 13.1. The number of aliphatic hydroxyl groups excluding tert-OH is 1. The minimum atomic E-state index is -0.836. The van der Waals surface area contributed by atoms with Gasteiger partial charge >= 0.3 is 0 Å². The second-order valence-corrected chi connectivity index (χ2v) is 4.27. The van der Waals surface area contributed by atoms with Gasteiger partial charge < -0.3 is 9.84 Å². The maximum Gasteiger partial charge on any atom is 0.123 e. The van der Waals surface area contributed by atoms with Crippen molar-refractivity contribution in [1.29, 1.82) is 0 Å². The fourth-order valence-corrected chi connectivity index (χ4v) is 1.44. The highest BCUT2D eigenvalue weighted by Gasteiger charge is 2.29. The molecule has 1 aromatic carbocycles. The molecule has 0 saturated carbocycles. The van der Waals surface area contributed by atoms with Gasteiger partial charge in [0, 0.05) is 7.11 Å². The second kappa shape index (κ2) is 4.29. The van der Waals surface area contributed by atoms with E-state index in [1.54, 1.807) is 26.8 Å². The molecule has 2 nitrogen and oxygen atoms in total. The van der Waals surface area contributed by atoms with Crippen LogP contribution in [0, 0.1) is 12.7 Å². The second-order valence-electron chi connectivity index (χ2n) is 4.27. The number of aliphatic hydroxyl groups is 1. The Balaban J connectivity index is 3.06. The Kier molecular flexibility index (Phi) is 3.47. The molecule has 0 aliphatic heterocycles. The summed E-state index contributed by atoms with van der Waals surface area (Å²) in [6.07, 6.45) is -0.836. The van der Waals surface area contributed by atoms with Crippen molar-refractivity contribution in [3.63, 3.8) is 0 Å². The molecule has 0 spiro atoms. The Bertz CT molecular complexity index is 327. The summed E-state index contributed by atoms with van der Waals surface area (Å²) >= 11 is 0. The van der Waals surface area contributed by atoms with Gasteiger partial charge in [0.1, 0.15) is 11.9 Å². The molecule has 0 amide bonds. The summed E-state index contributed by atoms with van der Waals surface area (Å²) in [5, 5.41) is 10.0. The molecular formula is C12H17FO2. The van der Waals surface area contributed by atoms with Crippen molar-refractivity contribution in [2.24, 2.45) is 0 Å². The Hall–Kier alpha value is -0.930. The number of hydrogen-bond donors (Lipinski definition) is 1. The molecule has 0 saturated heterocycles. The first kappa shape index (κ1) is 12.1. The van der Waals surface area contributed by atoms with E-state index < -0.39 is 11.7 Å². The molecule has 0 aliphatic carbocycles. The van der Waals surface area contributed by atoms with E-state index in [1.165, 1.54) is 19.2 Å². The molecule has 0 heterocycles. The first-order valence-corrected chi connectivity index (χ1v) is 4.87. The zero-order valence-corrected chi connectivity index (χ0v) is 9.54. The molecule has 0 bridgehead atoms. The number of hydrogen-bond acceptors (Lipinski definition) is 2. The third-order valence-corrected chi connectivity index (χ3v) is 2.56. The van der Waals surface area contributed by atoms with Crippen LogP contribution in [0.1, 0.15) is 31.1 Å². The van der Waals surface area contributed by atoms with Gasteiger partial charge in [-0.3, -0.25) is 0 Å². The summed E-state index contributed by atoms with van der Waals surface area (Å²) in [5.41, 5.74) is 0.607. The SMILES string of the molecule is COC(C)(C)C(O)c1cc(C)cc(F)c1. The zero-order valence-electron chi connectivity index (χ0n) is 9.54. The van der Waals surface area contributed by atoms with Crippen LogP contribution >= 0.6 is 0 Å². The van der Waals surface area contributed by atoms with E-state index in [-0.39, 0.29) is 5.82 Å². The van der Waals surface area contributed by atoms with Gasteiger partial charge in [-0.05, 0) is 44.0 Å². The van der Waals surface area contributed by atoms with Crippen LogP contribution in [-0.4, -0.2) is 17.8 Å². The largest absolute Gasteiger partial charge is 0.385 e. The Morgan fingerprint density at radius 1 is 1.33 bits per heavy atom. The summed E-state index contributed by atoms with van der Waals surface area (Å²) in [7, 11) is 1.52. The minimum absolute atomic E-state index is 0.337. The molecule has 1 atom stereocenters. The molecule has 84 valence electrons. The molecular weight excluding hydrogens is 195 g/mol. The third-order valence-electron chi connectivity index (χ3n) is 2.56. The number of aryl methyl sites for hydroxylation is 1. The van der Waals surface area contributed by atoms with Crippen molar-refractivity contribution in [2.75, 3.05) is 7.11 Å². The molecule has 0 aliphatic rings. The molecule has 0 fully saturated rings. The van der Waals surface area contributed by atoms with Gasteiger partial charge in [0.05, 0.1) is 5.60 Å². The average Bonchev–Trinajstić information content (AvgIpc) is 2.15. The highest BCUT2D eigenvalue weighted by molar-refractivity contribution is 5.26. The lowest BCUT2D eigenvalue weighted by molar-refractivity contribution is -0.0794. The van der Waals surface area contributed by atoms with Crippen molar-refractivity contribution >= 4 is 0 Å². The summed E-state index contributed by atoms with van der Waals surface area (Å²) in [5.74, 6) is -0.337. The standard InChI is InChI=1S/C12H17FO2/c1-8-5-9(7-10(13)6-8)11(14)12(2,3)15-4/h5-7,11,14H,1-4H3. The fraction of sp³-hybridized carbons (Fsp3) is 0.500. The lowest BCUT2D eigenvalue weighted by Gasteiger charge is -2.29. The molecule has 1 rings (SSSR count). The lowest BCUT2D eigenvalue weighted by atomic mass is 9.93. The van der Waals surface area contributed by atoms with E-state index in [9.17, 15) is 9.50 Å². The molecule has 0 radical (unpaired) electrons. The van der Waals surface area contributed by atoms with Crippen LogP contribution in [-0.2, 0) is 4.74 Å². The first-order chi connectivity index (χ1) is 6.86. The molecule has 0 aromatic heterocycles. The predicted octanol–water partition coefficient (Wildman–Crippen LogP) is 2.59. The predicted molar refractivity (Wildman–Crippen MR) is 57.2 cm³/mol. The van der Waals surface area contributed by atoms with Crippen LogP contribution < -0.4 is 0 Å². The van der Waals surface area contributed by atoms with Crippen LogP contribution in [0.25, 0.3) is 0 Å². The Morgan fingerprint density at radius 2 is 1.93 bits per heavy atom. The van der Waals surface area contributed by atoms with Crippen molar-refractivity contribution in [1.82, 2.24) is 0 Å². The Morgan fingerprint density at radius 3 is 2.40 bits per heavy atom. The Labute approximate surface area is 89.7 Å². The van der Waals surface area contributed by atoms with E-state index >= 15 is 0 Å². The maximum absolute atomic E-state index is 13.1. The highest BCUT2D eigenvalue weighted by Crippen LogP contribution is 2.29. The highest BCUT2D eigenvalue weighted by atomic mass is 19.1. The summed E-state index contributed by atoms with van der Waals surface area (Å²) in [6.45, 7) is 5.31. The zero-order chi connectivity index (χ0) is 11.6. The molecule has 15 heavy (non-hydrogen) atoms. The van der Waals surface area contributed by atoms with Gasteiger partial charge in [-0.1, -0.05) is 6.07 Å². The van der Waals surface area contributed by atoms with Gasteiger partial charge in [-0.2, -0.15) is 0 Å². The number of halogens is 1. The van der Waals surface area contributed by atoms with E-state index in [0.717, 1.165) is 5.56 Å². The number of methoxy groups -OCH3 is 1. The normalized spacial score (nSPS) is 14.0. The first-order valence-electron chi connectivity index (χ1n) is 4.87. The van der Waals surface area contributed by atoms with Crippen LogP contribution in [0.4, 0.5) is 4.39 Å². The van der Waals surface area contributed by atoms with Gasteiger partial charge in [0.25, 0.3) is 0 Å². The van der Waals surface area contributed by atoms with Gasteiger partial charge in [-0.15, -0.1) is 0 Å². The monoisotopic (exact) mass is 212 g/mol. The third kappa shape index (κ3) is 2.76. The molecule has 1 N–H and O–H groups in total. The number of ether oxygens (including phenoxy) is 1. The summed E-state index contributed by atoms with van der Waals surface area (Å²) in [6, 6.07) is 4.52. The summed E-state index contributed by atoms with van der Waals surface area (Å²) in [4.78, 5) is 0. The quantitative estimate of drug-likeness (QED) is 0.834. The fourth-order valence-electron chi connectivity index (χ4n) is 1.44. The molecule has 1 unspecified atom stereocenters. The summed E-state index contributed by atoms with van der Waals surface area (Å²) < 4.78 is 18.3. The van der Waals surface area contributed by atoms with E-state index in [1.807, 2.05) is 0 Å². The van der Waals surface area contributed by atoms with Crippen molar-refractivity contribution in [3.05, 3.63) is 35.1 Å². The van der Waals surface area contributed by atoms with E-state index in [4.69, 9.17) is 4.74 Å². The van der Waals surface area contributed by atoms with Crippen molar-refractivity contribution in [2.45, 2.75) is 32.5 Å². The van der Waals surface area contributed by atoms with E-state index in [2.05, 4.69) is 0 Å². The number of rotatable bonds is 3. The molecule has 1 aromatic rings. The lowest BCUT2D eigenvalue weighted by Crippen LogP contribution is -2.31. The van der Waals surface area contributed by atoms with Gasteiger partial charge in [0.2, 0.25) is 0 Å². The van der Waals surface area contributed by atoms with Crippen LogP contribution in [0.15, 0.2) is 18.2 Å². The van der Waals surface area contributed by atoms with Crippen LogP contribution in [0.3, 0.4) is 0 Å². The molecule has 3 heteroatoms. The van der Waals surface area contributed by atoms with Gasteiger partial charge in [0.15, 0.2) is 0 Å². The smallest absolute Gasteiger partial charge is 0.123 e. The van der Waals surface area contributed by atoms with Crippen molar-refractivity contribution < 1.29 is 14.2 Å². The van der Waals surface area contributed by atoms with Gasteiger partial charge in [-0.25, -0.2) is 4.39 Å². The van der Waals surface area contributed by atoms with Crippen molar-refractivity contribution in [3.8, 4) is 0 Å². The van der Waals surface area contributed by atoms with Crippen LogP contribution in [0.5, 0.6) is 0 Å². The number of benzene rings is 1. The topological polar surface area (TPSA) is 29.5 Å². The minimum Gasteiger partial charge on any atom is -0.385 e. The van der Waals surface area contributed by atoms with E-state index in [0.29, 0.717) is 5.56 Å². The van der Waals surface area contributed by atoms with Crippen LogP contribution in [0.2, 0.25) is 0 Å².